The van der Waals surface area contributed by atoms with Gasteiger partial charge in [-0.3, -0.25) is 4.79 Å². The summed E-state index contributed by atoms with van der Waals surface area (Å²) in [6.45, 7) is 3.65. The molecule has 27 heavy (non-hydrogen) atoms. The van der Waals surface area contributed by atoms with Crippen LogP contribution in [0, 0.1) is 6.92 Å². The van der Waals surface area contributed by atoms with Crippen LogP contribution < -0.4 is 5.32 Å². The topological polar surface area (TPSA) is 116 Å². The third-order valence-corrected chi connectivity index (χ3v) is 4.89. The summed E-state index contributed by atoms with van der Waals surface area (Å²) in [6.07, 6.45) is 1.96. The van der Waals surface area contributed by atoms with Gasteiger partial charge in [-0.2, -0.15) is 0 Å². The Bertz CT molecular complexity index is 902. The number of hydrogen-bond acceptors (Lipinski definition) is 7. The van der Waals surface area contributed by atoms with Gasteiger partial charge in [0.2, 0.25) is 0 Å². The first-order chi connectivity index (χ1) is 12.7. The molecule has 0 saturated heterocycles. The predicted octanol–water partition coefficient (Wildman–Crippen LogP) is 2.74. The highest BCUT2D eigenvalue weighted by Crippen LogP contribution is 2.15. The second kappa shape index (κ2) is 8.81. The molecule has 8 nitrogen and oxygen atoms in total. The van der Waals surface area contributed by atoms with Crippen molar-refractivity contribution in [3.63, 3.8) is 0 Å². The van der Waals surface area contributed by atoms with E-state index in [4.69, 9.17) is 9.26 Å². The van der Waals surface area contributed by atoms with Crippen molar-refractivity contribution in [2.75, 3.05) is 11.6 Å². The smallest absolute Gasteiger partial charge is 0.338 e. The van der Waals surface area contributed by atoms with Gasteiger partial charge >= 0.3 is 5.97 Å². The van der Waals surface area contributed by atoms with Crippen LogP contribution in [0.25, 0.3) is 0 Å². The summed E-state index contributed by atoms with van der Waals surface area (Å²) in [5, 5.41) is 6.24. The van der Waals surface area contributed by atoms with Crippen molar-refractivity contribution in [3.8, 4) is 0 Å². The molecule has 1 aromatic carbocycles. The lowest BCUT2D eigenvalue weighted by Gasteiger charge is -2.16. The number of sulfone groups is 1. The highest BCUT2D eigenvalue weighted by Gasteiger charge is 2.24. The average molecular weight is 394 g/mol. The fraction of sp³-hybridized carbons (Fsp3) is 0.389. The summed E-state index contributed by atoms with van der Waals surface area (Å²) in [6, 6.07) is 6.92. The number of aromatic nitrogens is 1. The van der Waals surface area contributed by atoms with Crippen molar-refractivity contribution in [2.45, 2.75) is 44.1 Å². The average Bonchev–Trinajstić information content (AvgIpc) is 3.02. The van der Waals surface area contributed by atoms with Crippen LogP contribution in [0.4, 0.5) is 5.82 Å². The van der Waals surface area contributed by atoms with Gasteiger partial charge in [0, 0.05) is 12.3 Å². The van der Waals surface area contributed by atoms with Crippen LogP contribution >= 0.6 is 0 Å². The van der Waals surface area contributed by atoms with E-state index in [0.717, 1.165) is 12.7 Å². The first-order valence-corrected chi connectivity index (χ1v) is 10.3. The Hall–Kier alpha value is -2.68. The van der Waals surface area contributed by atoms with Gasteiger partial charge < -0.3 is 14.6 Å². The lowest BCUT2D eigenvalue weighted by atomic mass is 10.1. The molecular weight excluding hydrogens is 372 g/mol. The van der Waals surface area contributed by atoms with E-state index in [2.05, 4.69) is 10.5 Å². The number of unbranched alkanes of at least 4 members (excludes halogenated alkanes) is 1. The van der Waals surface area contributed by atoms with Crippen LogP contribution in [-0.2, 0) is 19.4 Å². The molecule has 0 radical (unpaired) electrons. The summed E-state index contributed by atoms with van der Waals surface area (Å²) >= 11 is 0. The zero-order chi connectivity index (χ0) is 20.0. The summed E-state index contributed by atoms with van der Waals surface area (Å²) in [7, 11) is -3.36. The molecule has 9 heteroatoms. The Morgan fingerprint density at radius 3 is 2.44 bits per heavy atom. The standard InChI is InChI=1S/C18H22N2O6S/c1-4-5-6-15(17(21)19-16-11-12(2)26-20-16)25-18(22)13-7-9-14(10-8-13)27(3,23)24/h7-11,15H,4-6H2,1-3H3,(H,19,20,21). The quantitative estimate of drug-likeness (QED) is 0.684. The van der Waals surface area contributed by atoms with Gasteiger partial charge in [-0.15, -0.1) is 0 Å². The van der Waals surface area contributed by atoms with Gasteiger partial charge in [-0.25, -0.2) is 13.2 Å². The molecule has 0 saturated carbocycles. The van der Waals surface area contributed by atoms with E-state index in [9.17, 15) is 18.0 Å². The summed E-state index contributed by atoms with van der Waals surface area (Å²) < 4.78 is 33.2. The second-order valence-corrected chi connectivity index (χ2v) is 8.16. The number of rotatable bonds is 8. The molecule has 1 amide bonds. The number of anilines is 1. The number of esters is 1. The zero-order valence-electron chi connectivity index (χ0n) is 15.4. The molecule has 0 bridgehead atoms. The Balaban J connectivity index is 2.09. The largest absolute Gasteiger partial charge is 0.449 e. The number of carbonyl (C=O) groups excluding carboxylic acids is 2. The van der Waals surface area contributed by atoms with Gasteiger partial charge in [-0.05, 0) is 44.0 Å². The lowest BCUT2D eigenvalue weighted by Crippen LogP contribution is -2.32. The van der Waals surface area contributed by atoms with Crippen LogP contribution in [0.2, 0.25) is 0 Å². The number of hydrogen-bond donors (Lipinski definition) is 1. The lowest BCUT2D eigenvalue weighted by molar-refractivity contribution is -0.125. The maximum absolute atomic E-state index is 12.4. The number of amides is 1. The van der Waals surface area contributed by atoms with E-state index in [0.29, 0.717) is 18.6 Å². The van der Waals surface area contributed by atoms with Gasteiger partial charge in [-0.1, -0.05) is 18.5 Å². The Labute approximate surface area is 157 Å². The SMILES string of the molecule is CCCCC(OC(=O)c1ccc(S(C)(=O)=O)cc1)C(=O)Nc1cc(C)on1. The maximum Gasteiger partial charge on any atom is 0.338 e. The molecular formula is C18H22N2O6S. The third-order valence-electron chi connectivity index (χ3n) is 3.76. The minimum absolute atomic E-state index is 0.0979. The first-order valence-electron chi connectivity index (χ1n) is 8.46. The number of carbonyl (C=O) groups is 2. The number of nitrogens with zero attached hydrogens (tertiary/aromatic N) is 1. The zero-order valence-corrected chi connectivity index (χ0v) is 16.2. The van der Waals surface area contributed by atoms with Crippen molar-refractivity contribution in [2.24, 2.45) is 0 Å². The Morgan fingerprint density at radius 1 is 1.26 bits per heavy atom. The normalized spacial score (nSPS) is 12.4. The van der Waals surface area contributed by atoms with Crippen molar-refractivity contribution in [1.29, 1.82) is 0 Å². The molecule has 0 spiro atoms. The molecule has 146 valence electrons. The fourth-order valence-electron chi connectivity index (χ4n) is 2.30. The molecule has 0 aliphatic heterocycles. The fourth-order valence-corrected chi connectivity index (χ4v) is 2.93. The predicted molar refractivity (Wildman–Crippen MR) is 98.2 cm³/mol. The Morgan fingerprint density at radius 2 is 1.93 bits per heavy atom. The van der Waals surface area contributed by atoms with Crippen LogP contribution in [0.3, 0.4) is 0 Å². The van der Waals surface area contributed by atoms with Crippen LogP contribution in [0.1, 0.15) is 42.3 Å². The van der Waals surface area contributed by atoms with E-state index in [1.165, 1.54) is 24.3 Å². The molecule has 1 atom stereocenters. The van der Waals surface area contributed by atoms with Gasteiger partial charge in [0.15, 0.2) is 21.8 Å². The third kappa shape index (κ3) is 5.92. The Kier molecular flexibility index (Phi) is 6.73. The van der Waals surface area contributed by atoms with E-state index < -0.39 is 27.8 Å². The van der Waals surface area contributed by atoms with Crippen molar-refractivity contribution >= 4 is 27.5 Å². The summed E-state index contributed by atoms with van der Waals surface area (Å²) in [5.41, 5.74) is 0.161. The van der Waals surface area contributed by atoms with Crippen molar-refractivity contribution < 1.29 is 27.3 Å². The van der Waals surface area contributed by atoms with Crippen LogP contribution in [0.5, 0.6) is 0 Å². The monoisotopic (exact) mass is 394 g/mol. The molecule has 0 fully saturated rings. The molecule has 0 aliphatic rings. The molecule has 1 heterocycles. The highest BCUT2D eigenvalue weighted by molar-refractivity contribution is 7.90. The molecule has 2 aromatic rings. The number of nitrogens with one attached hydrogen (secondary N) is 1. The molecule has 1 unspecified atom stereocenters. The van der Waals surface area contributed by atoms with Crippen molar-refractivity contribution in [1.82, 2.24) is 5.16 Å². The van der Waals surface area contributed by atoms with E-state index in [1.807, 2.05) is 6.92 Å². The number of ether oxygens (including phenoxy) is 1. The van der Waals surface area contributed by atoms with E-state index >= 15 is 0 Å². The first kappa shape index (κ1) is 20.6. The minimum atomic E-state index is -3.36. The molecule has 2 rings (SSSR count). The summed E-state index contributed by atoms with van der Waals surface area (Å²) in [5.74, 6) is -0.425. The number of aryl methyl sites for hydroxylation is 1. The van der Waals surface area contributed by atoms with E-state index in [1.54, 1.807) is 13.0 Å². The molecule has 1 aromatic heterocycles. The van der Waals surface area contributed by atoms with Gasteiger partial charge in [0.25, 0.3) is 5.91 Å². The van der Waals surface area contributed by atoms with Gasteiger partial charge in [0.05, 0.1) is 10.5 Å². The van der Waals surface area contributed by atoms with Gasteiger partial charge in [0.1, 0.15) is 5.76 Å². The molecule has 0 aliphatic carbocycles. The highest BCUT2D eigenvalue weighted by atomic mass is 32.2. The number of benzene rings is 1. The maximum atomic E-state index is 12.4. The summed E-state index contributed by atoms with van der Waals surface area (Å²) in [4.78, 5) is 24.9. The van der Waals surface area contributed by atoms with Crippen LogP contribution in [0.15, 0.2) is 39.8 Å². The second-order valence-electron chi connectivity index (χ2n) is 6.14. The minimum Gasteiger partial charge on any atom is -0.449 e. The molecule has 1 N–H and O–H groups in total. The van der Waals surface area contributed by atoms with Crippen LogP contribution in [-0.4, -0.2) is 37.8 Å². The van der Waals surface area contributed by atoms with Crippen molar-refractivity contribution in [3.05, 3.63) is 41.7 Å². The van der Waals surface area contributed by atoms with E-state index in [-0.39, 0.29) is 16.3 Å².